The first-order chi connectivity index (χ1) is 9.54. The largest absolute Gasteiger partial charge is 0.488 e. The zero-order valence-corrected chi connectivity index (χ0v) is 12.7. The summed E-state index contributed by atoms with van der Waals surface area (Å²) >= 11 is 0. The van der Waals surface area contributed by atoms with Gasteiger partial charge in [-0.25, -0.2) is 0 Å². The van der Waals surface area contributed by atoms with E-state index in [1.165, 1.54) is 11.1 Å². The zero-order chi connectivity index (χ0) is 14.5. The molecule has 4 nitrogen and oxygen atoms in total. The van der Waals surface area contributed by atoms with E-state index < -0.39 is 0 Å². The molecule has 2 aromatic rings. The molecule has 0 unspecified atom stereocenters. The molecule has 1 aromatic carbocycles. The molecule has 1 N–H and O–H groups in total. The van der Waals surface area contributed by atoms with E-state index >= 15 is 0 Å². The monoisotopic (exact) mass is 273 g/mol. The first-order valence-corrected chi connectivity index (χ1v) is 6.98. The highest BCUT2D eigenvalue weighted by Gasteiger charge is 2.06. The molecule has 2 rings (SSSR count). The molecule has 0 radical (unpaired) electrons. The summed E-state index contributed by atoms with van der Waals surface area (Å²) in [5.74, 6) is 0.938. The van der Waals surface area contributed by atoms with Gasteiger partial charge in [-0.05, 0) is 13.0 Å². The first kappa shape index (κ1) is 14.6. The molecule has 0 aliphatic rings. The summed E-state index contributed by atoms with van der Waals surface area (Å²) in [4.78, 5) is 0. The van der Waals surface area contributed by atoms with Gasteiger partial charge in [0.1, 0.15) is 12.4 Å². The molecule has 1 heterocycles. The van der Waals surface area contributed by atoms with Gasteiger partial charge < -0.3 is 10.1 Å². The predicted molar refractivity (Wildman–Crippen MR) is 80.7 cm³/mol. The lowest BCUT2D eigenvalue weighted by Gasteiger charge is -2.14. The fourth-order valence-corrected chi connectivity index (χ4v) is 2.01. The number of benzene rings is 1. The van der Waals surface area contributed by atoms with Crippen LogP contribution in [0.1, 0.15) is 30.5 Å². The van der Waals surface area contributed by atoms with Gasteiger partial charge >= 0.3 is 0 Å². The zero-order valence-electron chi connectivity index (χ0n) is 12.7. The highest BCUT2D eigenvalue weighted by Crippen LogP contribution is 2.21. The molecule has 0 aliphatic heterocycles. The molecule has 0 saturated heterocycles. The van der Waals surface area contributed by atoms with Crippen molar-refractivity contribution >= 4 is 0 Å². The number of hydrogen-bond acceptors (Lipinski definition) is 3. The predicted octanol–water partition coefficient (Wildman–Crippen LogP) is 2.81. The summed E-state index contributed by atoms with van der Waals surface area (Å²) in [6, 6.07) is 6.76. The van der Waals surface area contributed by atoms with Crippen molar-refractivity contribution in [1.29, 1.82) is 0 Å². The van der Waals surface area contributed by atoms with Crippen molar-refractivity contribution in [3.05, 3.63) is 47.3 Å². The van der Waals surface area contributed by atoms with E-state index in [4.69, 9.17) is 4.74 Å². The number of rotatable bonds is 6. The van der Waals surface area contributed by atoms with Gasteiger partial charge in [0.2, 0.25) is 0 Å². The number of aromatic nitrogens is 2. The second-order valence-corrected chi connectivity index (χ2v) is 5.46. The minimum absolute atomic E-state index is 0.460. The molecule has 20 heavy (non-hydrogen) atoms. The van der Waals surface area contributed by atoms with Crippen LogP contribution in [-0.2, 0) is 20.2 Å². The van der Waals surface area contributed by atoms with Crippen LogP contribution in [0.3, 0.4) is 0 Å². The third kappa shape index (κ3) is 4.10. The lowest BCUT2D eigenvalue weighted by Crippen LogP contribution is -2.22. The molecule has 0 atom stereocenters. The van der Waals surface area contributed by atoms with E-state index in [0.29, 0.717) is 12.6 Å². The minimum atomic E-state index is 0.460. The molecule has 0 amide bonds. The van der Waals surface area contributed by atoms with Gasteiger partial charge in [-0.1, -0.05) is 31.5 Å². The van der Waals surface area contributed by atoms with Crippen molar-refractivity contribution in [2.24, 2.45) is 7.05 Å². The molecule has 0 aliphatic carbocycles. The van der Waals surface area contributed by atoms with Crippen LogP contribution in [0, 0.1) is 6.92 Å². The average molecular weight is 273 g/mol. The molecule has 1 aromatic heterocycles. The second-order valence-electron chi connectivity index (χ2n) is 5.46. The molecule has 4 heteroatoms. The molecular weight excluding hydrogens is 250 g/mol. The smallest absolute Gasteiger partial charge is 0.124 e. The SMILES string of the molecule is Cc1ccc(OCc2cnn(C)c2)c(CNC(C)C)c1. The Kier molecular flexibility index (Phi) is 4.79. The van der Waals surface area contributed by atoms with E-state index in [1.807, 2.05) is 25.5 Å². The van der Waals surface area contributed by atoms with Crippen LogP contribution in [0.5, 0.6) is 5.75 Å². The van der Waals surface area contributed by atoms with Gasteiger partial charge in [-0.15, -0.1) is 0 Å². The number of nitrogens with zero attached hydrogens (tertiary/aromatic N) is 2. The topological polar surface area (TPSA) is 39.1 Å². The van der Waals surface area contributed by atoms with Gasteiger partial charge in [0, 0.05) is 37.0 Å². The van der Waals surface area contributed by atoms with Crippen molar-refractivity contribution in [3.8, 4) is 5.75 Å². The Morgan fingerprint density at radius 3 is 2.80 bits per heavy atom. The maximum atomic E-state index is 5.93. The third-order valence-corrected chi connectivity index (χ3v) is 3.07. The number of hydrogen-bond donors (Lipinski definition) is 1. The van der Waals surface area contributed by atoms with Gasteiger partial charge in [0.25, 0.3) is 0 Å². The molecule has 108 valence electrons. The summed E-state index contributed by atoms with van der Waals surface area (Å²) < 4.78 is 7.72. The second kappa shape index (κ2) is 6.57. The summed E-state index contributed by atoms with van der Waals surface area (Å²) in [6.07, 6.45) is 3.81. The standard InChI is InChI=1S/C16H23N3O/c1-12(2)17-9-15-7-13(3)5-6-16(15)20-11-14-8-18-19(4)10-14/h5-8,10,12,17H,9,11H2,1-4H3. The highest BCUT2D eigenvalue weighted by atomic mass is 16.5. The van der Waals surface area contributed by atoms with Crippen molar-refractivity contribution in [2.75, 3.05) is 0 Å². The van der Waals surface area contributed by atoms with Gasteiger partial charge in [0.15, 0.2) is 0 Å². The van der Waals surface area contributed by atoms with E-state index in [2.05, 4.69) is 43.3 Å². The third-order valence-electron chi connectivity index (χ3n) is 3.07. The fraction of sp³-hybridized carbons (Fsp3) is 0.438. The fourth-order valence-electron chi connectivity index (χ4n) is 2.01. The Balaban J connectivity index is 2.05. The summed E-state index contributed by atoms with van der Waals surface area (Å²) in [5.41, 5.74) is 3.53. The summed E-state index contributed by atoms with van der Waals surface area (Å²) in [7, 11) is 1.91. The summed E-state index contributed by atoms with van der Waals surface area (Å²) in [5, 5.41) is 7.58. The maximum Gasteiger partial charge on any atom is 0.124 e. The molecule has 0 saturated carbocycles. The maximum absolute atomic E-state index is 5.93. The van der Waals surface area contributed by atoms with Crippen LogP contribution in [0.2, 0.25) is 0 Å². The number of aryl methyl sites for hydroxylation is 2. The normalized spacial score (nSPS) is 11.1. The molecule has 0 fully saturated rings. The molecule has 0 bridgehead atoms. The van der Waals surface area contributed by atoms with Crippen LogP contribution in [0.4, 0.5) is 0 Å². The van der Waals surface area contributed by atoms with Crippen LogP contribution >= 0.6 is 0 Å². The Bertz CT molecular complexity index is 561. The minimum Gasteiger partial charge on any atom is -0.488 e. The molecule has 0 spiro atoms. The van der Waals surface area contributed by atoms with Crippen LogP contribution in [-0.4, -0.2) is 15.8 Å². The van der Waals surface area contributed by atoms with Crippen LogP contribution in [0.25, 0.3) is 0 Å². The summed E-state index contributed by atoms with van der Waals surface area (Å²) in [6.45, 7) is 7.76. The van der Waals surface area contributed by atoms with Crippen LogP contribution < -0.4 is 10.1 Å². The Morgan fingerprint density at radius 1 is 1.35 bits per heavy atom. The van der Waals surface area contributed by atoms with Gasteiger partial charge in [-0.3, -0.25) is 4.68 Å². The van der Waals surface area contributed by atoms with E-state index in [0.717, 1.165) is 17.9 Å². The number of nitrogens with one attached hydrogen (secondary N) is 1. The van der Waals surface area contributed by atoms with E-state index in [-0.39, 0.29) is 0 Å². The van der Waals surface area contributed by atoms with Crippen molar-refractivity contribution in [1.82, 2.24) is 15.1 Å². The molecular formula is C16H23N3O. The Morgan fingerprint density at radius 2 is 2.15 bits per heavy atom. The average Bonchev–Trinajstić information content (AvgIpc) is 2.81. The van der Waals surface area contributed by atoms with E-state index in [1.54, 1.807) is 4.68 Å². The highest BCUT2D eigenvalue weighted by molar-refractivity contribution is 5.37. The van der Waals surface area contributed by atoms with Crippen molar-refractivity contribution in [3.63, 3.8) is 0 Å². The van der Waals surface area contributed by atoms with Crippen LogP contribution in [0.15, 0.2) is 30.6 Å². The van der Waals surface area contributed by atoms with Gasteiger partial charge in [-0.2, -0.15) is 5.10 Å². The number of ether oxygens (including phenoxy) is 1. The lowest BCUT2D eigenvalue weighted by molar-refractivity contribution is 0.301. The lowest BCUT2D eigenvalue weighted by atomic mass is 10.1. The quantitative estimate of drug-likeness (QED) is 0.879. The Hall–Kier alpha value is -1.81. The van der Waals surface area contributed by atoms with E-state index in [9.17, 15) is 0 Å². The first-order valence-electron chi connectivity index (χ1n) is 6.98. The van der Waals surface area contributed by atoms with Crippen molar-refractivity contribution in [2.45, 2.75) is 40.0 Å². The van der Waals surface area contributed by atoms with Crippen molar-refractivity contribution < 1.29 is 4.74 Å². The Labute approximate surface area is 120 Å². The van der Waals surface area contributed by atoms with Gasteiger partial charge in [0.05, 0.1) is 6.20 Å².